The first-order valence-corrected chi connectivity index (χ1v) is 5.65. The molecule has 0 atom stereocenters. The topological polar surface area (TPSA) is 21.3 Å². The maximum absolute atomic E-state index is 13.4. The molecule has 0 spiro atoms. The lowest BCUT2D eigenvalue weighted by Crippen LogP contribution is -2.20. The van der Waals surface area contributed by atoms with Gasteiger partial charge < -0.3 is 10.1 Å². The van der Waals surface area contributed by atoms with Crippen molar-refractivity contribution < 1.29 is 22.3 Å². The highest BCUT2D eigenvalue weighted by molar-refractivity contribution is 5.29. The summed E-state index contributed by atoms with van der Waals surface area (Å²) in [6.45, 7) is -0.968. The van der Waals surface area contributed by atoms with Crippen LogP contribution in [0.3, 0.4) is 0 Å². The fourth-order valence-electron chi connectivity index (χ4n) is 1.48. The molecule has 100 valence electrons. The number of nitrogens with one attached hydrogen (secondary N) is 1. The summed E-state index contributed by atoms with van der Waals surface area (Å²) < 4.78 is 53.6. The average Bonchev–Trinajstić information content (AvgIpc) is 3.07. The molecule has 0 saturated heterocycles. The number of hydrogen-bond acceptors (Lipinski definition) is 2. The first-order valence-electron chi connectivity index (χ1n) is 5.65. The Bertz CT molecular complexity index is 415. The third kappa shape index (κ3) is 4.18. The highest BCUT2D eigenvalue weighted by atomic mass is 19.4. The molecule has 1 aromatic rings. The van der Waals surface area contributed by atoms with E-state index in [2.05, 4.69) is 10.1 Å². The standard InChI is InChI=1S/C12H13F4NO/c13-10-5-8(6-17-9-2-3-9)1-4-11(10)18-7-12(14,15)16/h1,4-5,9,17H,2-3,6-7H2. The summed E-state index contributed by atoms with van der Waals surface area (Å²) in [5.41, 5.74) is 0.693. The summed E-state index contributed by atoms with van der Waals surface area (Å²) in [6.07, 6.45) is -2.22. The molecule has 1 N–H and O–H groups in total. The number of hydrogen-bond donors (Lipinski definition) is 1. The van der Waals surface area contributed by atoms with Crippen molar-refractivity contribution in [2.24, 2.45) is 0 Å². The van der Waals surface area contributed by atoms with Gasteiger partial charge in [0.15, 0.2) is 18.2 Å². The zero-order chi connectivity index (χ0) is 13.2. The Hall–Kier alpha value is -1.30. The Morgan fingerprint density at radius 1 is 1.28 bits per heavy atom. The molecule has 0 bridgehead atoms. The van der Waals surface area contributed by atoms with Gasteiger partial charge in [0.1, 0.15) is 0 Å². The Morgan fingerprint density at radius 3 is 2.56 bits per heavy atom. The molecule has 6 heteroatoms. The van der Waals surface area contributed by atoms with Crippen LogP contribution in [0, 0.1) is 5.82 Å². The molecular formula is C12H13F4NO. The molecule has 0 amide bonds. The van der Waals surface area contributed by atoms with Gasteiger partial charge in [0.2, 0.25) is 0 Å². The minimum Gasteiger partial charge on any atom is -0.481 e. The Balaban J connectivity index is 1.91. The summed E-state index contributed by atoms with van der Waals surface area (Å²) in [4.78, 5) is 0. The fraction of sp³-hybridized carbons (Fsp3) is 0.500. The van der Waals surface area contributed by atoms with Gasteiger partial charge in [-0.1, -0.05) is 6.07 Å². The van der Waals surface area contributed by atoms with Gasteiger partial charge in [0.25, 0.3) is 0 Å². The van der Waals surface area contributed by atoms with Crippen LogP contribution in [0.4, 0.5) is 17.6 Å². The van der Waals surface area contributed by atoms with Gasteiger partial charge in [-0.15, -0.1) is 0 Å². The maximum Gasteiger partial charge on any atom is 0.422 e. The smallest absolute Gasteiger partial charge is 0.422 e. The van der Waals surface area contributed by atoms with E-state index in [0.717, 1.165) is 12.8 Å². The van der Waals surface area contributed by atoms with Crippen LogP contribution in [0.25, 0.3) is 0 Å². The maximum atomic E-state index is 13.4. The molecule has 0 aromatic heterocycles. The van der Waals surface area contributed by atoms with Crippen molar-refractivity contribution in [3.05, 3.63) is 29.6 Å². The molecule has 1 aliphatic rings. The van der Waals surface area contributed by atoms with Crippen LogP contribution >= 0.6 is 0 Å². The van der Waals surface area contributed by atoms with E-state index in [-0.39, 0.29) is 5.75 Å². The largest absolute Gasteiger partial charge is 0.481 e. The van der Waals surface area contributed by atoms with E-state index >= 15 is 0 Å². The Labute approximate surface area is 102 Å². The van der Waals surface area contributed by atoms with Crippen molar-refractivity contribution >= 4 is 0 Å². The summed E-state index contributed by atoms with van der Waals surface area (Å²) >= 11 is 0. The molecule has 18 heavy (non-hydrogen) atoms. The fourth-order valence-corrected chi connectivity index (χ4v) is 1.48. The van der Waals surface area contributed by atoms with Crippen molar-refractivity contribution in [3.63, 3.8) is 0 Å². The monoisotopic (exact) mass is 263 g/mol. The molecular weight excluding hydrogens is 250 g/mol. The van der Waals surface area contributed by atoms with E-state index < -0.39 is 18.6 Å². The van der Waals surface area contributed by atoms with Crippen LogP contribution in [-0.2, 0) is 6.54 Å². The van der Waals surface area contributed by atoms with Crippen molar-refractivity contribution in [2.45, 2.75) is 31.6 Å². The van der Waals surface area contributed by atoms with Crippen molar-refractivity contribution in [3.8, 4) is 5.75 Å². The lowest BCUT2D eigenvalue weighted by Gasteiger charge is -2.11. The van der Waals surface area contributed by atoms with Crippen LogP contribution in [0.1, 0.15) is 18.4 Å². The van der Waals surface area contributed by atoms with E-state index in [1.54, 1.807) is 6.07 Å². The highest BCUT2D eigenvalue weighted by Crippen LogP contribution is 2.23. The van der Waals surface area contributed by atoms with E-state index in [0.29, 0.717) is 18.2 Å². The van der Waals surface area contributed by atoms with Gasteiger partial charge in [0, 0.05) is 12.6 Å². The molecule has 1 aliphatic carbocycles. The lowest BCUT2D eigenvalue weighted by molar-refractivity contribution is -0.153. The summed E-state index contributed by atoms with van der Waals surface area (Å²) in [5.74, 6) is -1.14. The minimum absolute atomic E-state index is 0.373. The molecule has 0 heterocycles. The summed E-state index contributed by atoms with van der Waals surface area (Å²) in [5, 5.41) is 3.19. The van der Waals surface area contributed by atoms with Crippen LogP contribution in [0.15, 0.2) is 18.2 Å². The zero-order valence-corrected chi connectivity index (χ0v) is 9.56. The summed E-state index contributed by atoms with van der Waals surface area (Å²) in [7, 11) is 0. The second-order valence-corrected chi connectivity index (χ2v) is 4.32. The second kappa shape index (κ2) is 5.14. The molecule has 1 saturated carbocycles. The van der Waals surface area contributed by atoms with Gasteiger partial charge >= 0.3 is 6.18 Å². The predicted molar refractivity (Wildman–Crippen MR) is 57.8 cm³/mol. The van der Waals surface area contributed by atoms with Crippen molar-refractivity contribution in [1.82, 2.24) is 5.32 Å². The van der Waals surface area contributed by atoms with Gasteiger partial charge in [0.05, 0.1) is 0 Å². The second-order valence-electron chi connectivity index (χ2n) is 4.32. The first kappa shape index (κ1) is 13.1. The quantitative estimate of drug-likeness (QED) is 0.824. The molecule has 0 radical (unpaired) electrons. The zero-order valence-electron chi connectivity index (χ0n) is 9.56. The number of alkyl halides is 3. The lowest BCUT2D eigenvalue weighted by atomic mass is 10.2. The Kier molecular flexibility index (Phi) is 3.75. The number of benzene rings is 1. The average molecular weight is 263 g/mol. The molecule has 2 nitrogen and oxygen atoms in total. The highest BCUT2D eigenvalue weighted by Gasteiger charge is 2.29. The molecule has 1 aromatic carbocycles. The molecule has 2 rings (SSSR count). The third-order valence-corrected chi connectivity index (χ3v) is 2.56. The first-order chi connectivity index (χ1) is 8.44. The van der Waals surface area contributed by atoms with E-state index in [1.807, 2.05) is 0 Å². The number of halogens is 4. The normalized spacial score (nSPS) is 15.8. The van der Waals surface area contributed by atoms with Crippen molar-refractivity contribution in [1.29, 1.82) is 0 Å². The van der Waals surface area contributed by atoms with Gasteiger partial charge in [-0.05, 0) is 30.5 Å². The molecule has 1 fully saturated rings. The Morgan fingerprint density at radius 2 is 2.00 bits per heavy atom. The summed E-state index contributed by atoms with van der Waals surface area (Å²) in [6, 6.07) is 4.48. The van der Waals surface area contributed by atoms with Gasteiger partial charge in [-0.2, -0.15) is 13.2 Å². The third-order valence-electron chi connectivity index (χ3n) is 2.56. The molecule has 0 aliphatic heterocycles. The molecule has 0 unspecified atom stereocenters. The van der Waals surface area contributed by atoms with E-state index in [1.165, 1.54) is 12.1 Å². The van der Waals surface area contributed by atoms with Gasteiger partial charge in [-0.25, -0.2) is 4.39 Å². The van der Waals surface area contributed by atoms with Gasteiger partial charge in [-0.3, -0.25) is 0 Å². The predicted octanol–water partition coefficient (Wildman–Crippen LogP) is 3.02. The van der Waals surface area contributed by atoms with Crippen LogP contribution < -0.4 is 10.1 Å². The number of rotatable bonds is 5. The van der Waals surface area contributed by atoms with Crippen LogP contribution in [0.5, 0.6) is 5.75 Å². The number of ether oxygens (including phenoxy) is 1. The van der Waals surface area contributed by atoms with E-state index in [9.17, 15) is 17.6 Å². The van der Waals surface area contributed by atoms with E-state index in [4.69, 9.17) is 0 Å². The van der Waals surface area contributed by atoms with Crippen LogP contribution in [0.2, 0.25) is 0 Å². The van der Waals surface area contributed by atoms with Crippen molar-refractivity contribution in [2.75, 3.05) is 6.61 Å². The SMILES string of the molecule is Fc1cc(CNC2CC2)ccc1OCC(F)(F)F. The van der Waals surface area contributed by atoms with Crippen LogP contribution in [-0.4, -0.2) is 18.8 Å². The minimum atomic E-state index is -4.46.